The van der Waals surface area contributed by atoms with Gasteiger partial charge >= 0.3 is 17.9 Å². The second kappa shape index (κ2) is 16.9. The van der Waals surface area contributed by atoms with Gasteiger partial charge in [0.2, 0.25) is 0 Å². The molecule has 0 saturated carbocycles. The number of hydrogen-bond acceptors (Lipinski definition) is 7. The highest BCUT2D eigenvalue weighted by Crippen LogP contribution is 2.42. The van der Waals surface area contributed by atoms with E-state index in [1.165, 1.54) is 48.2 Å². The number of aliphatic carboxylic acids is 3. The molecule has 0 unspecified atom stereocenters. The number of aliphatic hydroxyl groups is 1. The first-order valence-corrected chi connectivity index (χ1v) is 16.4. The molecule has 268 valence electrons. The molecule has 0 amide bonds. The molecule has 3 aromatic rings. The number of carbonyl (C=O) groups is 3. The molecule has 0 radical (unpaired) electrons. The van der Waals surface area contributed by atoms with Gasteiger partial charge in [0.1, 0.15) is 5.75 Å². The highest BCUT2D eigenvalue weighted by atomic mass is 16.5. The summed E-state index contributed by atoms with van der Waals surface area (Å²) in [6.45, 7) is 10.1. The Bertz CT molecular complexity index is 1490. The van der Waals surface area contributed by atoms with Crippen LogP contribution in [0.5, 0.6) is 5.75 Å². The zero-order valence-electron chi connectivity index (χ0n) is 28.6. The van der Waals surface area contributed by atoms with Gasteiger partial charge in [-0.15, -0.1) is 0 Å². The molecule has 2 atom stereocenters. The Labute approximate surface area is 289 Å². The number of carboxylic acids is 3. The summed E-state index contributed by atoms with van der Waals surface area (Å²) in [5.74, 6) is -2.99. The van der Waals surface area contributed by atoms with E-state index in [2.05, 4.69) is 110 Å². The zero-order chi connectivity index (χ0) is 35.1. The number of fused-ring (bicyclic) bond motifs is 3. The van der Waals surface area contributed by atoms with Crippen LogP contribution >= 0.6 is 0 Å². The van der Waals surface area contributed by atoms with Crippen LogP contribution in [-0.2, 0) is 26.3 Å². The van der Waals surface area contributed by atoms with Crippen LogP contribution in [0, 0.1) is 5.92 Å². The van der Waals surface area contributed by atoms with Gasteiger partial charge in [0.25, 0.3) is 0 Å². The molecular weight excluding hydrogens is 628 g/mol. The summed E-state index contributed by atoms with van der Waals surface area (Å²) < 4.78 is 5.78. The smallest absolute Gasteiger partial charge is 0.336 e. The lowest BCUT2D eigenvalue weighted by atomic mass is 9.70. The molecule has 3 aliphatic rings. The van der Waals surface area contributed by atoms with Crippen LogP contribution in [0.25, 0.3) is 0 Å². The van der Waals surface area contributed by atoms with Crippen molar-refractivity contribution in [1.82, 2.24) is 10.2 Å². The summed E-state index contributed by atoms with van der Waals surface area (Å²) in [5, 5.41) is 37.9. The molecule has 2 bridgehead atoms. The Kier molecular flexibility index (Phi) is 13.5. The van der Waals surface area contributed by atoms with E-state index in [-0.39, 0.29) is 12.3 Å². The van der Waals surface area contributed by atoms with Gasteiger partial charge in [-0.2, -0.15) is 0 Å². The minimum atomic E-state index is -2.74. The maximum absolute atomic E-state index is 10.3. The second-order valence-electron chi connectivity index (χ2n) is 13.8. The molecule has 3 aliphatic heterocycles. The standard InChI is InChI=1S/C32H40N2O.C6H8O7.H2O.H2/c1-32(2,3)27-15-16-28(35-4)26(21-27)22-33-30-25-17-19-34(20-18-25)31(30)29(23-11-7-5-8-12-23)24-13-9-6-10-14-24;7-3(8)1-6(13,5(11)12)2-4(9)10;;/h5-16,21,25,29-31,33H,17-20,22H2,1-4H3;13H,1-2H2,(H,7,8)(H,9,10)(H,11,12);1H2;1H/t30-,31-;;;/m0.../s1. The molecule has 3 heterocycles. The quantitative estimate of drug-likeness (QED) is 0.182. The van der Waals surface area contributed by atoms with Crippen LogP contribution < -0.4 is 10.1 Å². The molecule has 3 fully saturated rings. The normalized spacial score (nSPS) is 20.0. The fraction of sp³-hybridized carbons (Fsp3) is 0.447. The number of nitrogens with one attached hydrogen (secondary N) is 1. The molecule has 7 N–H and O–H groups in total. The lowest BCUT2D eigenvalue weighted by Gasteiger charge is -2.54. The van der Waals surface area contributed by atoms with E-state index in [0.29, 0.717) is 23.9 Å². The molecular formula is C38H52N2O9. The SMILES string of the molecule is COc1ccc(C(C)(C)C)cc1CN[C@H]1C2CCN(CC2)[C@H]1C(c1ccccc1)c1ccccc1.O.O=C(O)CC(O)(CC(=O)O)C(=O)O.[HH]. The van der Waals surface area contributed by atoms with Crippen LogP contribution in [0.1, 0.15) is 76.1 Å². The molecule has 0 aliphatic carbocycles. The minimum Gasteiger partial charge on any atom is -0.496 e. The number of ether oxygens (including phenoxy) is 1. The third-order valence-corrected chi connectivity index (χ3v) is 9.49. The Morgan fingerprint density at radius 2 is 1.39 bits per heavy atom. The number of methoxy groups -OCH3 is 1. The molecule has 0 aromatic heterocycles. The summed E-state index contributed by atoms with van der Waals surface area (Å²) in [7, 11) is 1.79. The predicted octanol–water partition coefficient (Wildman–Crippen LogP) is 4.55. The summed E-state index contributed by atoms with van der Waals surface area (Å²) >= 11 is 0. The van der Waals surface area contributed by atoms with Gasteiger partial charge in [-0.3, -0.25) is 14.5 Å². The Balaban J connectivity index is 0.000000497. The van der Waals surface area contributed by atoms with Crippen molar-refractivity contribution in [2.75, 3.05) is 20.2 Å². The molecule has 49 heavy (non-hydrogen) atoms. The van der Waals surface area contributed by atoms with Crippen molar-refractivity contribution in [3.05, 3.63) is 101 Å². The van der Waals surface area contributed by atoms with Crippen molar-refractivity contribution < 1.29 is 46.4 Å². The van der Waals surface area contributed by atoms with E-state index in [9.17, 15) is 14.4 Å². The zero-order valence-corrected chi connectivity index (χ0v) is 28.6. The number of hydrogen-bond donors (Lipinski definition) is 5. The third kappa shape index (κ3) is 9.88. The van der Waals surface area contributed by atoms with Crippen molar-refractivity contribution in [2.45, 2.75) is 82.0 Å². The fourth-order valence-electron chi connectivity index (χ4n) is 7.02. The summed E-state index contributed by atoms with van der Waals surface area (Å²) in [6.07, 6.45) is 0.274. The number of rotatable bonds is 12. The van der Waals surface area contributed by atoms with Crippen LogP contribution in [0.2, 0.25) is 0 Å². The predicted molar refractivity (Wildman–Crippen MR) is 188 cm³/mol. The topological polar surface area (TPSA) is 188 Å². The van der Waals surface area contributed by atoms with E-state index in [4.69, 9.17) is 25.2 Å². The third-order valence-electron chi connectivity index (χ3n) is 9.49. The Morgan fingerprint density at radius 1 is 0.878 bits per heavy atom. The van der Waals surface area contributed by atoms with E-state index >= 15 is 0 Å². The number of benzene rings is 3. The van der Waals surface area contributed by atoms with Gasteiger partial charge in [0, 0.05) is 31.5 Å². The largest absolute Gasteiger partial charge is 0.496 e. The first kappa shape index (κ1) is 39.2. The van der Waals surface area contributed by atoms with E-state index in [1.807, 2.05) is 0 Å². The summed E-state index contributed by atoms with van der Waals surface area (Å²) in [6, 6.07) is 29.8. The Morgan fingerprint density at radius 3 is 1.82 bits per heavy atom. The van der Waals surface area contributed by atoms with Gasteiger partial charge in [-0.25, -0.2) is 4.79 Å². The van der Waals surface area contributed by atoms with Gasteiger partial charge in [0.05, 0.1) is 20.0 Å². The average molecular weight is 681 g/mol. The van der Waals surface area contributed by atoms with Crippen molar-refractivity contribution in [3.63, 3.8) is 0 Å². The number of piperidine rings is 3. The summed E-state index contributed by atoms with van der Waals surface area (Å²) in [4.78, 5) is 33.2. The molecule has 11 nitrogen and oxygen atoms in total. The monoisotopic (exact) mass is 680 g/mol. The fourth-order valence-corrected chi connectivity index (χ4v) is 7.02. The van der Waals surface area contributed by atoms with Crippen LogP contribution in [0.3, 0.4) is 0 Å². The van der Waals surface area contributed by atoms with Gasteiger partial charge in [-0.1, -0.05) is 93.6 Å². The van der Waals surface area contributed by atoms with Crippen LogP contribution in [-0.4, -0.2) is 86.6 Å². The van der Waals surface area contributed by atoms with Crippen LogP contribution in [0.4, 0.5) is 0 Å². The minimum absolute atomic E-state index is 0. The van der Waals surface area contributed by atoms with Gasteiger partial charge in [-0.05, 0) is 60.0 Å². The lowest BCUT2D eigenvalue weighted by molar-refractivity contribution is -0.170. The van der Waals surface area contributed by atoms with Gasteiger partial charge in [0.15, 0.2) is 5.60 Å². The van der Waals surface area contributed by atoms with Crippen LogP contribution in [0.15, 0.2) is 78.9 Å². The first-order chi connectivity index (χ1) is 22.7. The highest BCUT2D eigenvalue weighted by molar-refractivity contribution is 5.88. The molecule has 3 aromatic carbocycles. The highest BCUT2D eigenvalue weighted by Gasteiger charge is 2.46. The maximum atomic E-state index is 10.3. The summed E-state index contributed by atoms with van der Waals surface area (Å²) in [5.41, 5.74) is 2.81. The van der Waals surface area contributed by atoms with Crippen molar-refractivity contribution in [2.24, 2.45) is 5.92 Å². The second-order valence-corrected chi connectivity index (χ2v) is 13.8. The Hall–Kier alpha value is -4.29. The molecule has 11 heteroatoms. The number of nitrogens with zero attached hydrogens (tertiary/aromatic N) is 1. The van der Waals surface area contributed by atoms with E-state index in [0.717, 1.165) is 12.3 Å². The lowest BCUT2D eigenvalue weighted by Crippen LogP contribution is -2.64. The average Bonchev–Trinajstić information content (AvgIpc) is 3.04. The first-order valence-electron chi connectivity index (χ1n) is 16.4. The van der Waals surface area contributed by atoms with Crippen molar-refractivity contribution in [3.8, 4) is 5.75 Å². The molecule has 6 rings (SSSR count). The van der Waals surface area contributed by atoms with Crippen molar-refractivity contribution >= 4 is 17.9 Å². The van der Waals surface area contributed by atoms with Gasteiger partial charge < -0.3 is 36.0 Å². The maximum Gasteiger partial charge on any atom is 0.336 e. The van der Waals surface area contributed by atoms with E-state index < -0.39 is 36.4 Å². The molecule has 3 saturated heterocycles. The van der Waals surface area contributed by atoms with Crippen molar-refractivity contribution in [1.29, 1.82) is 0 Å². The molecule has 0 spiro atoms. The number of carboxylic acid groups (broad SMARTS) is 3. The van der Waals surface area contributed by atoms with E-state index in [1.54, 1.807) is 7.11 Å².